The highest BCUT2D eigenvalue weighted by molar-refractivity contribution is 6.06. The Kier molecular flexibility index (Phi) is 4.23. The van der Waals surface area contributed by atoms with Crippen LogP contribution in [0.1, 0.15) is 12.8 Å². The van der Waals surface area contributed by atoms with Gasteiger partial charge in [-0.3, -0.25) is 14.9 Å². The van der Waals surface area contributed by atoms with Crippen LogP contribution in [0.15, 0.2) is 36.8 Å². The van der Waals surface area contributed by atoms with Crippen molar-refractivity contribution in [3.63, 3.8) is 0 Å². The predicted molar refractivity (Wildman–Crippen MR) is 120 cm³/mol. The van der Waals surface area contributed by atoms with Gasteiger partial charge in [-0.25, -0.2) is 4.98 Å². The van der Waals surface area contributed by atoms with E-state index in [1.807, 2.05) is 18.2 Å². The smallest absolute Gasteiger partial charge is 0.240 e. The number of carbonyl (C=O) groups is 1. The topological polar surface area (TPSA) is 138 Å². The molecule has 0 bridgehead atoms. The van der Waals surface area contributed by atoms with Crippen molar-refractivity contribution < 1.29 is 9.53 Å². The lowest BCUT2D eigenvalue weighted by Gasteiger charge is -2.25. The lowest BCUT2D eigenvalue weighted by molar-refractivity contribution is -0.119. The summed E-state index contributed by atoms with van der Waals surface area (Å²) in [5.74, 6) is 1.17. The van der Waals surface area contributed by atoms with Gasteiger partial charge < -0.3 is 25.7 Å². The number of primary amides is 1. The molecule has 0 unspecified atom stereocenters. The van der Waals surface area contributed by atoms with E-state index in [4.69, 9.17) is 10.5 Å². The summed E-state index contributed by atoms with van der Waals surface area (Å²) in [6, 6.07) is 7.70. The van der Waals surface area contributed by atoms with Crippen LogP contribution < -0.4 is 20.7 Å². The Hall–Kier alpha value is -4.08. The first kappa shape index (κ1) is 18.7. The first-order chi connectivity index (χ1) is 15.7. The number of amides is 1. The van der Waals surface area contributed by atoms with Crippen LogP contribution in [0.3, 0.4) is 0 Å². The van der Waals surface area contributed by atoms with E-state index in [0.717, 1.165) is 64.4 Å². The Bertz CT molecular complexity index is 1300. The van der Waals surface area contributed by atoms with E-state index in [2.05, 4.69) is 41.4 Å². The van der Waals surface area contributed by atoms with Crippen LogP contribution in [0.2, 0.25) is 0 Å². The molecule has 0 aliphatic carbocycles. The standard InChI is InChI=1S/C22H22N8O2/c23-21(31)16-2-1-6-30(16)13-8-15-18-17(9-13)32-7-5-24-20(18)19(28-15)14-4-3-12(10-25-14)22-26-11-27-29-22/h3-4,8-11,16,24,28H,1-2,5-7H2,(H2,23,31)(H,26,27,29)/t16-/m0/s1. The number of rotatable bonds is 4. The average Bonchev–Trinajstić information content (AvgIpc) is 3.53. The zero-order valence-corrected chi connectivity index (χ0v) is 17.3. The molecule has 2 aliphatic heterocycles. The largest absolute Gasteiger partial charge is 0.491 e. The summed E-state index contributed by atoms with van der Waals surface area (Å²) in [7, 11) is 0. The van der Waals surface area contributed by atoms with Gasteiger partial charge in [-0.1, -0.05) is 0 Å². The molecule has 1 atom stereocenters. The van der Waals surface area contributed by atoms with E-state index in [1.54, 1.807) is 6.20 Å². The minimum absolute atomic E-state index is 0.289. The van der Waals surface area contributed by atoms with Gasteiger partial charge in [0.1, 0.15) is 24.7 Å². The van der Waals surface area contributed by atoms with Gasteiger partial charge in [0.05, 0.1) is 28.0 Å². The summed E-state index contributed by atoms with van der Waals surface area (Å²) in [5.41, 5.74) is 11.0. The molecule has 0 saturated carbocycles. The van der Waals surface area contributed by atoms with Gasteiger partial charge in [-0.2, -0.15) is 5.10 Å². The maximum Gasteiger partial charge on any atom is 0.240 e. The summed E-state index contributed by atoms with van der Waals surface area (Å²) < 4.78 is 6.07. The number of carbonyl (C=O) groups excluding carboxylic acids is 1. The third-order valence-corrected chi connectivity index (χ3v) is 6.13. The second kappa shape index (κ2) is 7.26. The van der Waals surface area contributed by atoms with E-state index >= 15 is 0 Å². The maximum absolute atomic E-state index is 11.9. The number of hydrogen-bond donors (Lipinski definition) is 4. The predicted octanol–water partition coefficient (Wildman–Crippen LogP) is 2.27. The number of H-pyrrole nitrogens is 2. The highest BCUT2D eigenvalue weighted by Crippen LogP contribution is 2.44. The number of aromatic amines is 2. The van der Waals surface area contributed by atoms with Gasteiger partial charge in [0.15, 0.2) is 5.82 Å². The second-order valence-electron chi connectivity index (χ2n) is 8.04. The summed E-state index contributed by atoms with van der Waals surface area (Å²) in [6.45, 7) is 2.01. The molecule has 1 fully saturated rings. The van der Waals surface area contributed by atoms with Crippen molar-refractivity contribution in [2.45, 2.75) is 18.9 Å². The van der Waals surface area contributed by atoms with Crippen LogP contribution >= 0.6 is 0 Å². The Morgan fingerprint density at radius 1 is 1.25 bits per heavy atom. The van der Waals surface area contributed by atoms with Crippen LogP contribution in [0.4, 0.5) is 11.4 Å². The summed E-state index contributed by atoms with van der Waals surface area (Å²) >= 11 is 0. The number of nitrogens with one attached hydrogen (secondary N) is 3. The number of nitrogens with zero attached hydrogens (tertiary/aromatic N) is 4. The van der Waals surface area contributed by atoms with Gasteiger partial charge >= 0.3 is 0 Å². The van der Waals surface area contributed by atoms with Crippen LogP contribution in [0, 0.1) is 0 Å². The van der Waals surface area contributed by atoms with E-state index in [0.29, 0.717) is 19.0 Å². The van der Waals surface area contributed by atoms with E-state index in [-0.39, 0.29) is 11.9 Å². The molecule has 32 heavy (non-hydrogen) atoms. The van der Waals surface area contributed by atoms with Gasteiger partial charge in [-0.05, 0) is 31.0 Å². The number of hydrogen-bond acceptors (Lipinski definition) is 7. The lowest BCUT2D eigenvalue weighted by atomic mass is 10.1. The van der Waals surface area contributed by atoms with Crippen molar-refractivity contribution in [3.8, 4) is 28.5 Å². The highest BCUT2D eigenvalue weighted by Gasteiger charge is 2.31. The van der Waals surface area contributed by atoms with E-state index < -0.39 is 0 Å². The zero-order chi connectivity index (χ0) is 21.7. The van der Waals surface area contributed by atoms with Crippen LogP contribution in [-0.2, 0) is 4.79 Å². The van der Waals surface area contributed by atoms with Crippen LogP contribution in [-0.4, -0.2) is 56.8 Å². The Morgan fingerprint density at radius 3 is 2.97 bits per heavy atom. The Labute approximate surface area is 183 Å². The molecular weight excluding hydrogens is 408 g/mol. The fraction of sp³-hybridized carbons (Fsp3) is 0.273. The van der Waals surface area contributed by atoms with E-state index in [9.17, 15) is 4.79 Å². The number of benzene rings is 1. The molecule has 0 radical (unpaired) electrons. The third-order valence-electron chi connectivity index (χ3n) is 6.13. The molecule has 2 aliphatic rings. The Morgan fingerprint density at radius 2 is 2.19 bits per heavy atom. The first-order valence-electron chi connectivity index (χ1n) is 10.6. The van der Waals surface area contributed by atoms with Crippen molar-refractivity contribution in [1.82, 2.24) is 25.1 Å². The fourth-order valence-electron chi connectivity index (χ4n) is 4.66. The molecule has 3 aromatic heterocycles. The minimum atomic E-state index is -0.292. The SMILES string of the molecule is NC(=O)[C@@H]1CCCN1c1cc2c3c(c(-c4ccc(-c5ncn[nH]5)cn4)[nH]c3c1)NCCO2. The quantitative estimate of drug-likeness (QED) is 0.390. The molecule has 10 heteroatoms. The van der Waals surface area contributed by atoms with Crippen molar-refractivity contribution in [3.05, 3.63) is 36.8 Å². The second-order valence-corrected chi connectivity index (χ2v) is 8.04. The molecule has 6 rings (SSSR count). The zero-order valence-electron chi connectivity index (χ0n) is 17.3. The van der Waals surface area contributed by atoms with E-state index in [1.165, 1.54) is 6.33 Å². The molecule has 1 saturated heterocycles. The monoisotopic (exact) mass is 430 g/mol. The lowest BCUT2D eigenvalue weighted by Crippen LogP contribution is -2.40. The van der Waals surface area contributed by atoms with Crippen molar-refractivity contribution in [2.75, 3.05) is 29.9 Å². The molecule has 0 spiro atoms. The maximum atomic E-state index is 11.9. The molecule has 10 nitrogen and oxygen atoms in total. The Balaban J connectivity index is 1.46. The number of nitrogens with two attached hydrogens (primary N) is 1. The van der Waals surface area contributed by atoms with Gasteiger partial charge in [-0.15, -0.1) is 0 Å². The molecule has 4 aromatic rings. The average molecular weight is 430 g/mol. The minimum Gasteiger partial charge on any atom is -0.491 e. The molecular formula is C22H22N8O2. The van der Waals surface area contributed by atoms with Crippen LogP contribution in [0.25, 0.3) is 33.7 Å². The summed E-state index contributed by atoms with van der Waals surface area (Å²) in [6.07, 6.45) is 4.95. The number of pyridine rings is 1. The van der Waals surface area contributed by atoms with Gasteiger partial charge in [0.2, 0.25) is 5.91 Å². The number of aromatic nitrogens is 5. The van der Waals surface area contributed by atoms with Gasteiger partial charge in [0.25, 0.3) is 0 Å². The first-order valence-corrected chi connectivity index (χ1v) is 10.6. The summed E-state index contributed by atoms with van der Waals surface area (Å²) in [5, 5.41) is 11.2. The molecule has 162 valence electrons. The van der Waals surface area contributed by atoms with Crippen molar-refractivity contribution in [1.29, 1.82) is 0 Å². The summed E-state index contributed by atoms with van der Waals surface area (Å²) in [4.78, 5) is 26.4. The van der Waals surface area contributed by atoms with Crippen molar-refractivity contribution in [2.24, 2.45) is 5.73 Å². The number of anilines is 2. The molecule has 5 N–H and O–H groups in total. The third kappa shape index (κ3) is 2.95. The normalized spacial score (nSPS) is 17.8. The number of ether oxygens (including phenoxy) is 1. The fourth-order valence-corrected chi connectivity index (χ4v) is 4.66. The molecule has 1 aromatic carbocycles. The molecule has 5 heterocycles. The van der Waals surface area contributed by atoms with Crippen LogP contribution in [0.5, 0.6) is 5.75 Å². The van der Waals surface area contributed by atoms with Crippen molar-refractivity contribution >= 4 is 28.2 Å². The van der Waals surface area contributed by atoms with Gasteiger partial charge in [0, 0.05) is 36.6 Å². The molecule has 1 amide bonds. The highest BCUT2D eigenvalue weighted by atomic mass is 16.5.